The fraction of sp³-hybridized carbons (Fsp3) is 0.217. The van der Waals surface area contributed by atoms with Crippen LogP contribution >= 0.6 is 0 Å². The van der Waals surface area contributed by atoms with Crippen molar-refractivity contribution < 1.29 is 10.2 Å². The fourth-order valence-electron chi connectivity index (χ4n) is 4.03. The number of nitrogens with one attached hydrogen (secondary N) is 6. The van der Waals surface area contributed by atoms with Gasteiger partial charge >= 0.3 is 0 Å². The molecule has 0 spiro atoms. The van der Waals surface area contributed by atoms with E-state index in [-0.39, 0.29) is 0 Å². The Morgan fingerprint density at radius 3 is 1.00 bits per heavy atom. The number of hydrogen-bond donors (Lipinski definition) is 8. The van der Waals surface area contributed by atoms with Gasteiger partial charge < -0.3 is 40.1 Å². The Hall–Kier alpha value is -4.82. The van der Waals surface area contributed by atoms with E-state index in [1.54, 1.807) is 74.4 Å². The van der Waals surface area contributed by atoms with Crippen molar-refractivity contribution in [2.45, 2.75) is 30.5 Å². The first-order chi connectivity index (χ1) is 18.1. The van der Waals surface area contributed by atoms with Crippen molar-refractivity contribution >= 4 is 0 Å². The molecule has 0 atom stereocenters. The quantitative estimate of drug-likeness (QED) is 0.141. The lowest BCUT2D eigenvalue weighted by Gasteiger charge is -2.25. The van der Waals surface area contributed by atoms with Gasteiger partial charge in [-0.3, -0.25) is 0 Å². The highest BCUT2D eigenvalue weighted by atomic mass is 16.3. The third-order valence-corrected chi connectivity index (χ3v) is 5.68. The first kappa shape index (κ1) is 23.9. The number of aromatic nitrogens is 12. The molecule has 8 N–H and O–H groups in total. The number of H-pyrrole nitrogens is 6. The van der Waals surface area contributed by atoms with E-state index in [4.69, 9.17) is 0 Å². The van der Waals surface area contributed by atoms with Crippen molar-refractivity contribution in [1.29, 1.82) is 0 Å². The zero-order valence-electron chi connectivity index (χ0n) is 19.6. The summed E-state index contributed by atoms with van der Waals surface area (Å²) in [6.07, 6.45) is 21.1. The Morgan fingerprint density at radius 2 is 0.757 bits per heavy atom. The highest BCUT2D eigenvalue weighted by Crippen LogP contribution is 2.29. The number of nitrogens with zero attached hydrogens (tertiary/aromatic N) is 6. The Balaban J connectivity index is 0.000000153. The van der Waals surface area contributed by atoms with Gasteiger partial charge in [0.05, 0.1) is 5.60 Å². The van der Waals surface area contributed by atoms with Crippen molar-refractivity contribution in [2.24, 2.45) is 0 Å². The van der Waals surface area contributed by atoms with Crippen LogP contribution in [0.1, 0.15) is 34.9 Å². The van der Waals surface area contributed by atoms with Gasteiger partial charge in [0, 0.05) is 93.6 Å². The van der Waals surface area contributed by atoms with Crippen LogP contribution < -0.4 is 0 Å². The van der Waals surface area contributed by atoms with E-state index in [0.29, 0.717) is 36.7 Å². The van der Waals surface area contributed by atoms with Crippen LogP contribution in [0.25, 0.3) is 0 Å². The third kappa shape index (κ3) is 5.39. The third-order valence-electron chi connectivity index (χ3n) is 5.68. The highest BCUT2D eigenvalue weighted by Gasteiger charge is 2.41. The highest BCUT2D eigenvalue weighted by molar-refractivity contribution is 5.28. The Kier molecular flexibility index (Phi) is 6.74. The predicted octanol–water partition coefficient (Wildman–Crippen LogP) is 0.755. The van der Waals surface area contributed by atoms with E-state index in [9.17, 15) is 10.2 Å². The molecule has 0 aliphatic heterocycles. The van der Waals surface area contributed by atoms with Gasteiger partial charge in [0.2, 0.25) is 5.60 Å². The van der Waals surface area contributed by atoms with Crippen LogP contribution in [0.2, 0.25) is 0 Å². The molecule has 0 saturated heterocycles. The minimum Gasteiger partial charge on any atom is -0.388 e. The molecular formula is C23H26N12O2. The number of aromatic amines is 6. The molecule has 0 radical (unpaired) electrons. The minimum atomic E-state index is -1.53. The topological polar surface area (TPSA) is 213 Å². The van der Waals surface area contributed by atoms with Crippen LogP contribution in [-0.4, -0.2) is 75.6 Å². The Bertz CT molecular complexity index is 1230. The summed E-state index contributed by atoms with van der Waals surface area (Å²) in [5.74, 6) is 3.27. The largest absolute Gasteiger partial charge is 0.388 e. The Labute approximate surface area is 210 Å². The molecule has 190 valence electrons. The van der Waals surface area contributed by atoms with Crippen LogP contribution in [0, 0.1) is 0 Å². The molecule has 0 aliphatic carbocycles. The first-order valence-electron chi connectivity index (χ1n) is 11.4. The molecule has 0 bridgehead atoms. The summed E-state index contributed by atoms with van der Waals surface area (Å²) < 4.78 is 0. The average molecular weight is 503 g/mol. The van der Waals surface area contributed by atoms with Crippen molar-refractivity contribution in [3.05, 3.63) is 109 Å². The van der Waals surface area contributed by atoms with Gasteiger partial charge in [-0.2, -0.15) is 0 Å². The maximum absolute atomic E-state index is 10.9. The van der Waals surface area contributed by atoms with Crippen LogP contribution in [0.3, 0.4) is 0 Å². The molecular weight excluding hydrogens is 476 g/mol. The van der Waals surface area contributed by atoms with Crippen molar-refractivity contribution in [3.8, 4) is 0 Å². The van der Waals surface area contributed by atoms with E-state index in [0.717, 1.165) is 17.5 Å². The molecule has 6 aromatic rings. The SMILES string of the molecule is OC(Cc1ncc[nH]1)(Cc1ncc[nH]1)Cc1ncc[nH]1.OC(c1ncc[nH]1)(c1ncc[nH]1)c1ncc[nH]1. The van der Waals surface area contributed by atoms with Crippen LogP contribution in [-0.2, 0) is 24.9 Å². The fourth-order valence-corrected chi connectivity index (χ4v) is 4.03. The molecule has 6 heterocycles. The molecule has 0 saturated carbocycles. The maximum Gasteiger partial charge on any atom is 0.238 e. The molecule has 0 aliphatic rings. The van der Waals surface area contributed by atoms with Crippen molar-refractivity contribution in [2.75, 3.05) is 0 Å². The van der Waals surface area contributed by atoms with E-state index in [2.05, 4.69) is 59.8 Å². The summed E-state index contributed by atoms with van der Waals surface area (Å²) >= 11 is 0. The van der Waals surface area contributed by atoms with Gasteiger partial charge in [0.15, 0.2) is 17.5 Å². The number of aliphatic hydroxyl groups is 2. The predicted molar refractivity (Wildman–Crippen MR) is 130 cm³/mol. The summed E-state index contributed by atoms with van der Waals surface area (Å²) in [7, 11) is 0. The summed E-state index contributed by atoms with van der Waals surface area (Å²) in [4.78, 5) is 42.5. The molecule has 0 unspecified atom stereocenters. The number of hydrogen-bond acceptors (Lipinski definition) is 8. The number of imidazole rings is 6. The van der Waals surface area contributed by atoms with Crippen molar-refractivity contribution in [3.63, 3.8) is 0 Å². The molecule has 0 aromatic carbocycles. The Morgan fingerprint density at radius 1 is 0.459 bits per heavy atom. The van der Waals surface area contributed by atoms with Crippen LogP contribution in [0.4, 0.5) is 0 Å². The van der Waals surface area contributed by atoms with Gasteiger partial charge in [-0.25, -0.2) is 29.9 Å². The molecule has 14 heteroatoms. The van der Waals surface area contributed by atoms with Gasteiger partial charge in [0.25, 0.3) is 0 Å². The van der Waals surface area contributed by atoms with Gasteiger partial charge in [-0.15, -0.1) is 0 Å². The normalized spacial score (nSPS) is 11.8. The monoisotopic (exact) mass is 502 g/mol. The van der Waals surface area contributed by atoms with Gasteiger partial charge in [-0.05, 0) is 0 Å². The maximum atomic E-state index is 10.9. The summed E-state index contributed by atoms with van der Waals surface area (Å²) in [5.41, 5.74) is -2.54. The van der Waals surface area contributed by atoms with Crippen molar-refractivity contribution in [1.82, 2.24) is 59.8 Å². The smallest absolute Gasteiger partial charge is 0.238 e. The summed E-state index contributed by atoms with van der Waals surface area (Å²) in [6.45, 7) is 0. The minimum absolute atomic E-state index is 0.349. The standard InChI is InChI=1S/C13H16N6O.C10H10N6O/c20-13(7-10-14-1-2-15-10,8-11-16-3-4-17-11)9-12-18-5-6-19-12;17-10(7-11-1-2-12-7,8-13-3-4-14-8)9-15-5-6-16-9/h1-6,20H,7-9H2,(H,14,15)(H,16,17)(H,18,19);1-6,17H,(H,11,12)(H,13,14)(H,15,16). The lowest BCUT2D eigenvalue weighted by Crippen LogP contribution is -2.38. The van der Waals surface area contributed by atoms with E-state index in [1.807, 2.05) is 0 Å². The average Bonchev–Trinajstić information content (AvgIpc) is 3.75. The van der Waals surface area contributed by atoms with Gasteiger partial charge in [-0.1, -0.05) is 0 Å². The molecule has 37 heavy (non-hydrogen) atoms. The van der Waals surface area contributed by atoms with E-state index < -0.39 is 11.2 Å². The molecule has 6 rings (SSSR count). The molecule has 0 fully saturated rings. The molecule has 0 amide bonds. The number of rotatable bonds is 9. The zero-order chi connectivity index (χ0) is 25.6. The van der Waals surface area contributed by atoms with Crippen LogP contribution in [0.5, 0.6) is 0 Å². The van der Waals surface area contributed by atoms with Crippen LogP contribution in [0.15, 0.2) is 74.4 Å². The summed E-state index contributed by atoms with van der Waals surface area (Å²) in [5, 5.41) is 21.8. The lowest BCUT2D eigenvalue weighted by molar-refractivity contribution is 0.0358. The lowest BCUT2D eigenvalue weighted by atomic mass is 9.90. The first-order valence-corrected chi connectivity index (χ1v) is 11.4. The zero-order valence-corrected chi connectivity index (χ0v) is 19.6. The second-order valence-electron chi connectivity index (χ2n) is 8.39. The molecule has 6 aromatic heterocycles. The van der Waals surface area contributed by atoms with E-state index in [1.165, 1.54) is 0 Å². The second kappa shape index (κ2) is 10.4. The summed E-state index contributed by atoms with van der Waals surface area (Å²) in [6, 6.07) is 0. The molecule has 14 nitrogen and oxygen atoms in total. The second-order valence-corrected chi connectivity index (χ2v) is 8.39. The van der Waals surface area contributed by atoms with E-state index >= 15 is 0 Å². The van der Waals surface area contributed by atoms with Gasteiger partial charge in [0.1, 0.15) is 17.5 Å².